The molecule has 282 valence electrons. The molecule has 1 amide bonds. The van der Waals surface area contributed by atoms with E-state index in [9.17, 15) is 48.0 Å². The Balaban J connectivity index is 1.35. The SMILES string of the molecule is C[C@H](c1nc2ncccc2c(=O)n1-c1ccc(OC2OC(C(=O)O)C(O)C(O)C2O)cc1)N(Cc1cccnc1)C(=O)Cc1ccc(OC(F)(F)F)cc1. The molecule has 0 saturated carbocycles. The highest BCUT2D eigenvalue weighted by atomic mass is 19.4. The summed E-state index contributed by atoms with van der Waals surface area (Å²) in [6.45, 7) is 1.66. The number of aliphatic carboxylic acids is 1. The van der Waals surface area contributed by atoms with Crippen molar-refractivity contribution in [2.24, 2.45) is 0 Å². The van der Waals surface area contributed by atoms with Gasteiger partial charge in [-0.05, 0) is 72.6 Å². The minimum Gasteiger partial charge on any atom is -0.479 e. The van der Waals surface area contributed by atoms with Crippen LogP contribution in [0.3, 0.4) is 0 Å². The standard InChI is InChI=1S/C36H32F3N5O10/c1-19(43(18-21-4-2-14-40-17-21)26(45)16-20-6-10-24(11-7-20)54-36(37,38)39)32-42-31-25(5-3-15-41-31)33(49)44(32)22-8-12-23(13-9-22)52-35-29(48)27(46)28(47)30(53-35)34(50)51/h2-15,17,19,27-30,35,46-48H,16,18H2,1H3,(H,50,51)/t19-,27?,28?,29?,30?,35?/m1/s1. The van der Waals surface area contributed by atoms with Gasteiger partial charge in [0.1, 0.15) is 35.6 Å². The number of ether oxygens (including phenoxy) is 3. The van der Waals surface area contributed by atoms with E-state index in [1.807, 2.05) is 0 Å². The molecule has 6 rings (SSSR count). The lowest BCUT2D eigenvalue weighted by molar-refractivity contribution is -0.274. The van der Waals surface area contributed by atoms with Crippen LogP contribution in [0.1, 0.15) is 29.9 Å². The van der Waals surface area contributed by atoms with E-state index in [0.717, 1.165) is 12.1 Å². The molecule has 54 heavy (non-hydrogen) atoms. The average molecular weight is 752 g/mol. The second kappa shape index (κ2) is 15.6. The van der Waals surface area contributed by atoms with E-state index >= 15 is 0 Å². The number of carbonyl (C=O) groups is 2. The molecule has 15 nitrogen and oxygen atoms in total. The zero-order chi connectivity index (χ0) is 38.7. The highest BCUT2D eigenvalue weighted by Crippen LogP contribution is 2.29. The van der Waals surface area contributed by atoms with Crippen LogP contribution in [-0.4, -0.2) is 93.8 Å². The Morgan fingerprint density at radius 1 is 0.926 bits per heavy atom. The minimum atomic E-state index is -4.88. The molecule has 3 aromatic heterocycles. The second-order valence-electron chi connectivity index (χ2n) is 12.3. The molecule has 1 saturated heterocycles. The van der Waals surface area contributed by atoms with Gasteiger partial charge in [0.15, 0.2) is 11.8 Å². The van der Waals surface area contributed by atoms with E-state index in [0.29, 0.717) is 11.1 Å². The number of nitrogens with zero attached hydrogens (tertiary/aromatic N) is 5. The number of halogens is 3. The van der Waals surface area contributed by atoms with E-state index in [2.05, 4.69) is 14.7 Å². The molecule has 4 N–H and O–H groups in total. The largest absolute Gasteiger partial charge is 0.573 e. The Labute approximate surface area is 303 Å². The molecule has 5 unspecified atom stereocenters. The molecule has 1 aliphatic rings. The van der Waals surface area contributed by atoms with Gasteiger partial charge < -0.3 is 39.5 Å². The van der Waals surface area contributed by atoms with Crippen molar-refractivity contribution in [3.05, 3.63) is 119 Å². The third-order valence-corrected chi connectivity index (χ3v) is 8.58. The Kier molecular flexibility index (Phi) is 10.9. The molecule has 5 aromatic rings. The summed E-state index contributed by atoms with van der Waals surface area (Å²) in [5.41, 5.74) is 0.848. The number of carboxylic acid groups (broad SMARTS) is 1. The van der Waals surface area contributed by atoms with Gasteiger partial charge in [-0.15, -0.1) is 13.2 Å². The molecule has 4 heterocycles. The molecular weight excluding hydrogens is 719 g/mol. The first-order chi connectivity index (χ1) is 25.7. The quantitative estimate of drug-likeness (QED) is 0.153. The Morgan fingerprint density at radius 2 is 1.61 bits per heavy atom. The smallest absolute Gasteiger partial charge is 0.479 e. The van der Waals surface area contributed by atoms with Crippen LogP contribution < -0.4 is 15.0 Å². The monoisotopic (exact) mass is 751 g/mol. The van der Waals surface area contributed by atoms with E-state index in [4.69, 9.17) is 14.5 Å². The van der Waals surface area contributed by atoms with E-state index in [1.165, 1.54) is 58.1 Å². The van der Waals surface area contributed by atoms with Gasteiger partial charge >= 0.3 is 12.3 Å². The lowest BCUT2D eigenvalue weighted by atomic mass is 9.99. The molecular formula is C36H32F3N5O10. The second-order valence-corrected chi connectivity index (χ2v) is 12.3. The van der Waals surface area contributed by atoms with Crippen LogP contribution in [0.25, 0.3) is 16.7 Å². The predicted octanol–water partition coefficient (Wildman–Crippen LogP) is 2.68. The number of benzene rings is 2. The number of rotatable bonds is 11. The van der Waals surface area contributed by atoms with Crippen molar-refractivity contribution in [3.8, 4) is 17.2 Å². The van der Waals surface area contributed by atoms with Gasteiger partial charge in [-0.3, -0.25) is 19.1 Å². The molecule has 2 aromatic carbocycles. The van der Waals surface area contributed by atoms with Gasteiger partial charge in [0, 0.05) is 25.1 Å². The van der Waals surface area contributed by atoms with Gasteiger partial charge in [0.25, 0.3) is 5.56 Å². The number of carboxylic acids is 1. The number of aliphatic hydroxyl groups excluding tert-OH is 3. The van der Waals surface area contributed by atoms with Gasteiger partial charge in [0.2, 0.25) is 12.2 Å². The van der Waals surface area contributed by atoms with Gasteiger partial charge in [-0.2, -0.15) is 0 Å². The van der Waals surface area contributed by atoms with Crippen LogP contribution >= 0.6 is 0 Å². The first kappa shape index (κ1) is 37.8. The van der Waals surface area contributed by atoms with Crippen LogP contribution in [0.5, 0.6) is 11.5 Å². The summed E-state index contributed by atoms with van der Waals surface area (Å²) >= 11 is 0. The number of carbonyl (C=O) groups excluding carboxylic acids is 1. The number of aliphatic hydroxyl groups is 3. The van der Waals surface area contributed by atoms with Crippen molar-refractivity contribution in [2.75, 3.05) is 0 Å². The summed E-state index contributed by atoms with van der Waals surface area (Å²) in [7, 11) is 0. The van der Waals surface area contributed by atoms with Crippen LogP contribution in [0, 0.1) is 0 Å². The summed E-state index contributed by atoms with van der Waals surface area (Å²) in [5.74, 6) is -2.36. The summed E-state index contributed by atoms with van der Waals surface area (Å²) in [6, 6.07) is 16.2. The van der Waals surface area contributed by atoms with Crippen molar-refractivity contribution in [2.45, 2.75) is 63.0 Å². The summed E-state index contributed by atoms with van der Waals surface area (Å²) in [5, 5.41) is 40.1. The Hall–Kier alpha value is -5.95. The molecule has 18 heteroatoms. The van der Waals surface area contributed by atoms with E-state index in [1.54, 1.807) is 37.5 Å². The number of hydrogen-bond acceptors (Lipinski definition) is 12. The maximum Gasteiger partial charge on any atom is 0.573 e. The van der Waals surface area contributed by atoms with Gasteiger partial charge in [-0.25, -0.2) is 14.8 Å². The van der Waals surface area contributed by atoms with Crippen LogP contribution in [0.15, 0.2) is 96.2 Å². The van der Waals surface area contributed by atoms with E-state index < -0.39 is 66.3 Å². The number of alkyl halides is 3. The molecule has 0 aliphatic carbocycles. The predicted molar refractivity (Wildman–Crippen MR) is 180 cm³/mol. The first-order valence-corrected chi connectivity index (χ1v) is 16.3. The molecule has 0 spiro atoms. The maximum atomic E-state index is 14.1. The van der Waals surface area contributed by atoms with Crippen LogP contribution in [0.2, 0.25) is 0 Å². The summed E-state index contributed by atoms with van der Waals surface area (Å²) < 4.78 is 54.2. The van der Waals surface area contributed by atoms with Crippen molar-refractivity contribution < 1.29 is 57.4 Å². The van der Waals surface area contributed by atoms with Gasteiger partial charge in [-0.1, -0.05) is 18.2 Å². The lowest BCUT2D eigenvalue weighted by Gasteiger charge is -2.38. The number of hydrogen-bond donors (Lipinski definition) is 4. The normalized spacial score (nSPS) is 20.6. The van der Waals surface area contributed by atoms with Crippen molar-refractivity contribution in [1.29, 1.82) is 0 Å². The highest BCUT2D eigenvalue weighted by Gasteiger charge is 2.48. The zero-order valence-electron chi connectivity index (χ0n) is 28.1. The van der Waals surface area contributed by atoms with Crippen molar-refractivity contribution >= 4 is 22.9 Å². The molecule has 0 bridgehead atoms. The van der Waals surface area contributed by atoms with Gasteiger partial charge in [0.05, 0.1) is 23.5 Å². The molecule has 1 aliphatic heterocycles. The van der Waals surface area contributed by atoms with E-state index in [-0.39, 0.29) is 41.3 Å². The zero-order valence-corrected chi connectivity index (χ0v) is 28.1. The van der Waals surface area contributed by atoms with Crippen molar-refractivity contribution in [1.82, 2.24) is 24.4 Å². The third-order valence-electron chi connectivity index (χ3n) is 8.58. The molecule has 0 radical (unpaired) electrons. The lowest BCUT2D eigenvalue weighted by Crippen LogP contribution is -2.61. The number of amides is 1. The Morgan fingerprint density at radius 3 is 2.26 bits per heavy atom. The topological polar surface area (TPSA) is 207 Å². The fourth-order valence-electron chi connectivity index (χ4n) is 5.88. The maximum absolute atomic E-state index is 14.1. The summed E-state index contributed by atoms with van der Waals surface area (Å²) in [4.78, 5) is 54.2. The number of fused-ring (bicyclic) bond motifs is 1. The van der Waals surface area contributed by atoms with Crippen molar-refractivity contribution in [3.63, 3.8) is 0 Å². The molecule has 1 fully saturated rings. The Bertz CT molecular complexity index is 2170. The number of aromatic nitrogens is 4. The number of pyridine rings is 2. The third kappa shape index (κ3) is 8.31. The summed E-state index contributed by atoms with van der Waals surface area (Å²) in [6.07, 6.45) is -9.71. The first-order valence-electron chi connectivity index (χ1n) is 16.3. The highest BCUT2D eigenvalue weighted by molar-refractivity contribution is 5.79. The van der Waals surface area contributed by atoms with Crippen LogP contribution in [-0.2, 0) is 27.3 Å². The fraction of sp³-hybridized carbons (Fsp3) is 0.278. The average Bonchev–Trinajstić information content (AvgIpc) is 3.14. The fourth-order valence-corrected chi connectivity index (χ4v) is 5.88. The van der Waals surface area contributed by atoms with Crippen LogP contribution in [0.4, 0.5) is 13.2 Å². The minimum absolute atomic E-state index is 0.00755. The molecule has 6 atom stereocenters.